The Kier molecular flexibility index (Phi) is 2.63. The maximum Gasteiger partial charge on any atom is 0.328 e. The Hall–Kier alpha value is -2.24. The van der Waals surface area contributed by atoms with E-state index in [4.69, 9.17) is 5.73 Å². The van der Waals surface area contributed by atoms with E-state index in [1.165, 1.54) is 0 Å². The van der Waals surface area contributed by atoms with Crippen molar-refractivity contribution in [3.05, 3.63) is 28.7 Å². The number of carbonyl (C=O) groups excluding carboxylic acids is 1. The zero-order valence-corrected chi connectivity index (χ0v) is 9.73. The average Bonchev–Trinajstić information content (AvgIpc) is 2.52. The Labute approximate surface area is 97.6 Å². The summed E-state index contributed by atoms with van der Waals surface area (Å²) in [4.78, 5) is 22.4. The summed E-state index contributed by atoms with van der Waals surface area (Å²) in [5, 5.41) is 2.89. The van der Waals surface area contributed by atoms with Gasteiger partial charge in [0.25, 0.3) is 0 Å². The monoisotopic (exact) mass is 234 g/mol. The van der Waals surface area contributed by atoms with Crippen LogP contribution in [0.3, 0.4) is 0 Å². The topological polar surface area (TPSA) is 82.1 Å². The van der Waals surface area contributed by atoms with Crippen molar-refractivity contribution in [2.75, 3.05) is 11.9 Å². The third-order valence-electron chi connectivity index (χ3n) is 2.74. The van der Waals surface area contributed by atoms with Crippen LogP contribution in [-0.2, 0) is 18.9 Å². The minimum Gasteiger partial charge on any atom is -0.376 e. The van der Waals surface area contributed by atoms with Gasteiger partial charge in [-0.05, 0) is 18.2 Å². The number of carbonyl (C=O) groups is 1. The summed E-state index contributed by atoms with van der Waals surface area (Å²) >= 11 is 0. The summed E-state index contributed by atoms with van der Waals surface area (Å²) in [5.74, 6) is -0.424. The first-order valence-electron chi connectivity index (χ1n) is 5.18. The van der Waals surface area contributed by atoms with Crippen molar-refractivity contribution in [2.45, 2.75) is 0 Å². The summed E-state index contributed by atoms with van der Waals surface area (Å²) < 4.78 is 3.14. The summed E-state index contributed by atoms with van der Waals surface area (Å²) in [6, 6.07) is 5.46. The zero-order chi connectivity index (χ0) is 12.6. The molecule has 2 rings (SSSR count). The van der Waals surface area contributed by atoms with Crippen molar-refractivity contribution >= 4 is 22.6 Å². The van der Waals surface area contributed by atoms with E-state index in [-0.39, 0.29) is 12.2 Å². The minimum atomic E-state index is -0.424. The second-order valence-corrected chi connectivity index (χ2v) is 3.92. The van der Waals surface area contributed by atoms with Gasteiger partial charge >= 0.3 is 5.69 Å². The highest BCUT2D eigenvalue weighted by molar-refractivity contribution is 5.82. The number of aryl methyl sites for hydroxylation is 2. The predicted molar refractivity (Wildman–Crippen MR) is 65.8 cm³/mol. The van der Waals surface area contributed by atoms with Crippen LogP contribution in [0, 0.1) is 0 Å². The quantitative estimate of drug-likeness (QED) is 0.770. The lowest BCUT2D eigenvalue weighted by molar-refractivity contribution is -0.116. The van der Waals surface area contributed by atoms with Gasteiger partial charge < -0.3 is 11.1 Å². The first-order valence-corrected chi connectivity index (χ1v) is 5.18. The number of imidazole rings is 1. The average molecular weight is 234 g/mol. The fourth-order valence-electron chi connectivity index (χ4n) is 1.81. The van der Waals surface area contributed by atoms with Gasteiger partial charge in [-0.1, -0.05) is 0 Å². The van der Waals surface area contributed by atoms with Crippen LogP contribution in [0.1, 0.15) is 0 Å². The fraction of sp³-hybridized carbons (Fsp3) is 0.273. The molecule has 1 amide bonds. The maximum atomic E-state index is 11.7. The van der Waals surface area contributed by atoms with Gasteiger partial charge in [0.2, 0.25) is 5.91 Å². The number of fused-ring (bicyclic) bond motifs is 1. The van der Waals surface area contributed by atoms with Crippen molar-refractivity contribution in [3.8, 4) is 0 Å². The summed E-state index contributed by atoms with van der Waals surface area (Å²) in [6.07, 6.45) is 0. The lowest BCUT2D eigenvalue weighted by Crippen LogP contribution is -2.21. The smallest absolute Gasteiger partial charge is 0.328 e. The molecule has 0 aliphatic rings. The molecule has 0 spiro atoms. The summed E-state index contributed by atoms with van der Waals surface area (Å²) in [7, 11) is 3.43. The van der Waals surface area contributed by atoms with Crippen LogP contribution >= 0.6 is 0 Å². The van der Waals surface area contributed by atoms with E-state index in [0.29, 0.717) is 0 Å². The molecule has 0 fully saturated rings. The molecular formula is C11H14N4O2. The molecule has 6 heteroatoms. The van der Waals surface area contributed by atoms with E-state index in [9.17, 15) is 9.59 Å². The number of benzene rings is 1. The molecule has 0 bridgehead atoms. The zero-order valence-electron chi connectivity index (χ0n) is 9.73. The van der Waals surface area contributed by atoms with Crippen LogP contribution in [0.25, 0.3) is 11.0 Å². The third kappa shape index (κ3) is 1.89. The number of aromatic nitrogens is 2. The van der Waals surface area contributed by atoms with E-state index < -0.39 is 5.91 Å². The largest absolute Gasteiger partial charge is 0.376 e. The van der Waals surface area contributed by atoms with Gasteiger partial charge in [-0.3, -0.25) is 13.9 Å². The van der Waals surface area contributed by atoms with Gasteiger partial charge in [0.1, 0.15) is 0 Å². The summed E-state index contributed by atoms with van der Waals surface area (Å²) in [6.45, 7) is 0.0757. The van der Waals surface area contributed by atoms with Crippen molar-refractivity contribution in [1.29, 1.82) is 0 Å². The molecule has 0 atom stereocenters. The first kappa shape index (κ1) is 11.3. The van der Waals surface area contributed by atoms with Crippen LogP contribution in [0.15, 0.2) is 23.0 Å². The number of nitrogens with zero attached hydrogens (tertiary/aromatic N) is 2. The molecule has 2 aromatic rings. The molecule has 0 saturated carbocycles. The molecule has 1 aromatic carbocycles. The minimum absolute atomic E-state index is 0.0757. The van der Waals surface area contributed by atoms with Crippen molar-refractivity contribution in [2.24, 2.45) is 19.8 Å². The molecule has 0 unspecified atom stereocenters. The van der Waals surface area contributed by atoms with Crippen LogP contribution in [-0.4, -0.2) is 21.6 Å². The van der Waals surface area contributed by atoms with E-state index in [2.05, 4.69) is 5.32 Å². The maximum absolute atomic E-state index is 11.7. The highest BCUT2D eigenvalue weighted by atomic mass is 16.2. The second kappa shape index (κ2) is 3.97. The van der Waals surface area contributed by atoms with Gasteiger partial charge in [0, 0.05) is 19.8 Å². The molecule has 0 aliphatic heterocycles. The van der Waals surface area contributed by atoms with Gasteiger partial charge in [-0.15, -0.1) is 0 Å². The molecule has 3 N–H and O–H groups in total. The van der Waals surface area contributed by atoms with Crippen molar-refractivity contribution in [3.63, 3.8) is 0 Å². The number of rotatable bonds is 3. The van der Waals surface area contributed by atoms with Gasteiger partial charge in [0.15, 0.2) is 0 Å². The molecule has 0 aliphatic carbocycles. The lowest BCUT2D eigenvalue weighted by atomic mass is 10.2. The Bertz CT molecular complexity index is 639. The van der Waals surface area contributed by atoms with Crippen molar-refractivity contribution in [1.82, 2.24) is 9.13 Å². The van der Waals surface area contributed by atoms with Gasteiger partial charge in [-0.25, -0.2) is 4.79 Å². The number of anilines is 1. The molecular weight excluding hydrogens is 220 g/mol. The van der Waals surface area contributed by atoms with Crippen LogP contribution in [0.5, 0.6) is 0 Å². The Balaban J connectivity index is 2.47. The molecule has 1 heterocycles. The van der Waals surface area contributed by atoms with Crippen LogP contribution in [0.2, 0.25) is 0 Å². The third-order valence-corrected chi connectivity index (χ3v) is 2.74. The SMILES string of the molecule is Cn1c(=O)n(C)c2cc(NCC(N)=O)ccc21. The highest BCUT2D eigenvalue weighted by Crippen LogP contribution is 2.17. The van der Waals surface area contributed by atoms with Gasteiger partial charge in [0.05, 0.1) is 17.6 Å². The van der Waals surface area contributed by atoms with E-state index in [1.807, 2.05) is 18.2 Å². The van der Waals surface area contributed by atoms with E-state index >= 15 is 0 Å². The van der Waals surface area contributed by atoms with E-state index in [1.54, 1.807) is 23.2 Å². The molecule has 1 aromatic heterocycles. The number of nitrogens with two attached hydrogens (primary N) is 1. The van der Waals surface area contributed by atoms with Gasteiger partial charge in [-0.2, -0.15) is 0 Å². The molecule has 17 heavy (non-hydrogen) atoms. The standard InChI is InChI=1S/C11H14N4O2/c1-14-8-4-3-7(13-6-10(12)16)5-9(8)15(2)11(14)17/h3-5,13H,6H2,1-2H3,(H2,12,16). The Morgan fingerprint density at radius 2 is 1.94 bits per heavy atom. The number of amides is 1. The number of hydrogen-bond acceptors (Lipinski definition) is 3. The fourth-order valence-corrected chi connectivity index (χ4v) is 1.81. The lowest BCUT2D eigenvalue weighted by Gasteiger charge is -2.04. The first-order chi connectivity index (χ1) is 8.00. The van der Waals surface area contributed by atoms with E-state index in [0.717, 1.165) is 16.7 Å². The summed E-state index contributed by atoms with van der Waals surface area (Å²) in [5.41, 5.74) is 7.40. The number of primary amides is 1. The molecule has 90 valence electrons. The van der Waals surface area contributed by atoms with Crippen molar-refractivity contribution < 1.29 is 4.79 Å². The molecule has 0 saturated heterocycles. The number of nitrogens with one attached hydrogen (secondary N) is 1. The predicted octanol–water partition coefficient (Wildman–Crippen LogP) is -0.226. The molecule has 6 nitrogen and oxygen atoms in total. The van der Waals surface area contributed by atoms with Crippen LogP contribution in [0.4, 0.5) is 5.69 Å². The second-order valence-electron chi connectivity index (χ2n) is 3.92. The Morgan fingerprint density at radius 1 is 1.29 bits per heavy atom. The highest BCUT2D eigenvalue weighted by Gasteiger charge is 2.07. The normalized spacial score (nSPS) is 10.7. The molecule has 0 radical (unpaired) electrons. The Morgan fingerprint density at radius 3 is 2.59 bits per heavy atom. The van der Waals surface area contributed by atoms with Crippen LogP contribution < -0.4 is 16.7 Å². The number of hydrogen-bond donors (Lipinski definition) is 2.